The zero-order valence-electron chi connectivity index (χ0n) is 35.8. The summed E-state index contributed by atoms with van der Waals surface area (Å²) in [7, 11) is 0. The first-order valence-electron chi connectivity index (χ1n) is 22.4. The molecule has 66 heavy (non-hydrogen) atoms. The molecule has 1 unspecified atom stereocenters. The summed E-state index contributed by atoms with van der Waals surface area (Å²) in [6, 6.07) is 85.1. The van der Waals surface area contributed by atoms with Crippen molar-refractivity contribution in [3.63, 3.8) is 0 Å². The lowest BCUT2D eigenvalue weighted by molar-refractivity contribution is 0.776. The van der Waals surface area contributed by atoms with Crippen LogP contribution in [0.4, 0.5) is 0 Å². The molecule has 1 aliphatic carbocycles. The van der Waals surface area contributed by atoms with Gasteiger partial charge in [0.15, 0.2) is 17.5 Å². The molecule has 308 valence electrons. The smallest absolute Gasteiger partial charge is 0.164 e. The van der Waals surface area contributed by atoms with Crippen LogP contribution in [0.5, 0.6) is 0 Å². The van der Waals surface area contributed by atoms with E-state index in [9.17, 15) is 0 Å². The molecular formula is C62H39N3S. The number of rotatable bonds is 7. The maximum Gasteiger partial charge on any atom is 0.164 e. The minimum atomic E-state index is -0.615. The summed E-state index contributed by atoms with van der Waals surface area (Å²) in [6.45, 7) is 0. The molecule has 4 heteroatoms. The van der Waals surface area contributed by atoms with E-state index in [4.69, 9.17) is 15.0 Å². The number of fused-ring (bicyclic) bond motifs is 7. The number of aromatic nitrogens is 3. The molecule has 0 fully saturated rings. The van der Waals surface area contributed by atoms with Crippen molar-refractivity contribution in [1.82, 2.24) is 15.0 Å². The van der Waals surface area contributed by atoms with Gasteiger partial charge in [0.05, 0.1) is 5.41 Å². The third-order valence-corrected chi connectivity index (χ3v) is 14.7. The van der Waals surface area contributed by atoms with Gasteiger partial charge in [-0.1, -0.05) is 231 Å². The molecule has 0 N–H and O–H groups in total. The molecule has 0 spiro atoms. The first-order valence-corrected chi connectivity index (χ1v) is 23.3. The van der Waals surface area contributed by atoms with E-state index in [-0.39, 0.29) is 0 Å². The summed E-state index contributed by atoms with van der Waals surface area (Å²) in [6.07, 6.45) is 0. The third-order valence-electron chi connectivity index (χ3n) is 13.5. The van der Waals surface area contributed by atoms with Gasteiger partial charge in [-0.2, -0.15) is 0 Å². The molecular weight excluding hydrogens is 819 g/mol. The second kappa shape index (κ2) is 15.4. The molecule has 0 amide bonds. The Morgan fingerprint density at radius 1 is 0.303 bits per heavy atom. The average Bonchev–Trinajstić information content (AvgIpc) is 3.93. The van der Waals surface area contributed by atoms with Gasteiger partial charge in [0, 0.05) is 36.9 Å². The monoisotopic (exact) mass is 857 g/mol. The van der Waals surface area contributed by atoms with E-state index in [1.807, 2.05) is 11.3 Å². The highest BCUT2D eigenvalue weighted by atomic mass is 32.1. The SMILES string of the molecule is c1ccc(-c2ccccc2-c2nc(-c3ccc(-c4cccc5c4sc4ccccc45)cc3)nc(-c3cccc4c3-c3ccccc3C4(c3ccccc3)c3cccc4ccccc34)n2)cc1. The Bertz CT molecular complexity index is 3810. The second-order valence-corrected chi connectivity index (χ2v) is 18.0. The summed E-state index contributed by atoms with van der Waals surface area (Å²) in [5.41, 5.74) is 14.0. The molecule has 3 nitrogen and oxygen atoms in total. The van der Waals surface area contributed by atoms with E-state index < -0.39 is 5.41 Å². The van der Waals surface area contributed by atoms with E-state index in [2.05, 4.69) is 237 Å². The molecule has 1 aliphatic rings. The maximum absolute atomic E-state index is 5.48. The Morgan fingerprint density at radius 2 is 0.818 bits per heavy atom. The Hall–Kier alpha value is -8.31. The van der Waals surface area contributed by atoms with Crippen molar-refractivity contribution >= 4 is 42.3 Å². The number of nitrogens with zero attached hydrogens (tertiary/aromatic N) is 3. The quantitative estimate of drug-likeness (QED) is 0.160. The van der Waals surface area contributed by atoms with Crippen molar-refractivity contribution in [1.29, 1.82) is 0 Å². The van der Waals surface area contributed by atoms with Gasteiger partial charge in [0.1, 0.15) is 0 Å². The Morgan fingerprint density at radius 3 is 1.65 bits per heavy atom. The van der Waals surface area contributed by atoms with Crippen molar-refractivity contribution in [2.75, 3.05) is 0 Å². The molecule has 0 saturated carbocycles. The van der Waals surface area contributed by atoms with Crippen LogP contribution < -0.4 is 0 Å². The summed E-state index contributed by atoms with van der Waals surface area (Å²) in [5, 5.41) is 5.02. The van der Waals surface area contributed by atoms with Crippen LogP contribution in [0, 0.1) is 0 Å². The molecule has 12 aromatic rings. The zero-order chi connectivity index (χ0) is 43.6. The standard InChI is InChI=1S/C62H39N3S/c1-3-18-40(19-4-1)45-24-9-10-27-50(45)60-63-59(43-38-36-42(37-39-43)47-29-16-30-49-48-26-12-14-35-56(48)66-58(47)49)64-61(65-60)52-31-17-34-55-57(52)51-28-11-13-32-54(51)62(55,44-22-5-2-6-23-44)53-33-15-21-41-20-7-8-25-46(41)53/h1-39H. The molecule has 0 aliphatic heterocycles. The summed E-state index contributed by atoms with van der Waals surface area (Å²) in [5.74, 6) is 1.88. The first kappa shape index (κ1) is 38.2. The fraction of sp³-hybridized carbons (Fsp3) is 0.0161. The summed E-state index contributed by atoms with van der Waals surface area (Å²) < 4.78 is 2.59. The largest absolute Gasteiger partial charge is 0.208 e. The van der Waals surface area contributed by atoms with Crippen molar-refractivity contribution < 1.29 is 0 Å². The number of hydrogen-bond acceptors (Lipinski definition) is 4. The van der Waals surface area contributed by atoms with Crippen molar-refractivity contribution in [2.45, 2.75) is 5.41 Å². The van der Waals surface area contributed by atoms with E-state index in [0.717, 1.165) is 38.9 Å². The normalized spacial score (nSPS) is 14.1. The maximum atomic E-state index is 5.48. The van der Waals surface area contributed by atoms with Crippen LogP contribution in [0.3, 0.4) is 0 Å². The van der Waals surface area contributed by atoms with Gasteiger partial charge >= 0.3 is 0 Å². The van der Waals surface area contributed by atoms with Crippen LogP contribution in [0.2, 0.25) is 0 Å². The zero-order valence-corrected chi connectivity index (χ0v) is 36.6. The van der Waals surface area contributed by atoms with E-state index in [1.54, 1.807) is 0 Å². The number of thiophene rings is 1. The van der Waals surface area contributed by atoms with Gasteiger partial charge in [-0.15, -0.1) is 11.3 Å². The van der Waals surface area contributed by atoms with E-state index >= 15 is 0 Å². The van der Waals surface area contributed by atoms with Gasteiger partial charge in [-0.05, 0) is 72.5 Å². The van der Waals surface area contributed by atoms with Crippen LogP contribution in [-0.4, -0.2) is 15.0 Å². The molecule has 10 aromatic carbocycles. The molecule has 13 rings (SSSR count). The van der Waals surface area contributed by atoms with Crippen LogP contribution in [0.25, 0.3) is 98.5 Å². The fourth-order valence-electron chi connectivity index (χ4n) is 10.6. The Labute approximate surface area is 387 Å². The molecule has 0 radical (unpaired) electrons. The van der Waals surface area contributed by atoms with Crippen LogP contribution >= 0.6 is 11.3 Å². The van der Waals surface area contributed by atoms with Crippen LogP contribution in [0.15, 0.2) is 237 Å². The average molecular weight is 858 g/mol. The van der Waals surface area contributed by atoms with Gasteiger partial charge < -0.3 is 0 Å². The van der Waals surface area contributed by atoms with Gasteiger partial charge in [0.2, 0.25) is 0 Å². The first-order chi connectivity index (χ1) is 32.7. The van der Waals surface area contributed by atoms with Crippen molar-refractivity contribution in [3.8, 4) is 67.5 Å². The van der Waals surface area contributed by atoms with E-state index in [0.29, 0.717) is 17.5 Å². The number of hydrogen-bond donors (Lipinski definition) is 0. The Kier molecular flexibility index (Phi) is 8.93. The summed E-state index contributed by atoms with van der Waals surface area (Å²) >= 11 is 1.85. The van der Waals surface area contributed by atoms with Crippen LogP contribution in [-0.2, 0) is 5.41 Å². The lowest BCUT2D eigenvalue weighted by Gasteiger charge is -2.35. The van der Waals surface area contributed by atoms with Gasteiger partial charge in [-0.25, -0.2) is 15.0 Å². The highest BCUT2D eigenvalue weighted by Gasteiger charge is 2.47. The molecule has 2 aromatic heterocycles. The number of benzene rings is 10. The van der Waals surface area contributed by atoms with Crippen LogP contribution in [0.1, 0.15) is 22.3 Å². The highest BCUT2D eigenvalue weighted by Crippen LogP contribution is 2.59. The summed E-state index contributed by atoms with van der Waals surface area (Å²) in [4.78, 5) is 16.3. The molecule has 2 heterocycles. The lowest BCUT2D eigenvalue weighted by Crippen LogP contribution is -2.28. The second-order valence-electron chi connectivity index (χ2n) is 17.0. The highest BCUT2D eigenvalue weighted by molar-refractivity contribution is 7.26. The predicted molar refractivity (Wildman–Crippen MR) is 275 cm³/mol. The van der Waals surface area contributed by atoms with Gasteiger partial charge in [-0.3, -0.25) is 0 Å². The van der Waals surface area contributed by atoms with E-state index in [1.165, 1.54) is 64.3 Å². The molecule has 0 saturated heterocycles. The molecule has 1 atom stereocenters. The third kappa shape index (κ3) is 5.92. The van der Waals surface area contributed by atoms with Gasteiger partial charge in [0.25, 0.3) is 0 Å². The fourth-order valence-corrected chi connectivity index (χ4v) is 11.8. The topological polar surface area (TPSA) is 38.7 Å². The minimum absolute atomic E-state index is 0.615. The lowest BCUT2D eigenvalue weighted by atomic mass is 9.66. The minimum Gasteiger partial charge on any atom is -0.208 e. The molecule has 0 bridgehead atoms. The Balaban J connectivity index is 1.05. The predicted octanol–water partition coefficient (Wildman–Crippen LogP) is 16.1. The van der Waals surface area contributed by atoms with Crippen molar-refractivity contribution in [2.24, 2.45) is 0 Å². The van der Waals surface area contributed by atoms with Crippen molar-refractivity contribution in [3.05, 3.63) is 259 Å².